The van der Waals surface area contributed by atoms with E-state index >= 15 is 0 Å². The zero-order valence-electron chi connectivity index (χ0n) is 11.4. The molecule has 0 unspecified atom stereocenters. The van der Waals surface area contributed by atoms with Gasteiger partial charge in [-0.25, -0.2) is 4.79 Å². The number of nitrogens with zero attached hydrogens (tertiary/aromatic N) is 2. The summed E-state index contributed by atoms with van der Waals surface area (Å²) >= 11 is 0. The molecule has 0 aliphatic rings. The third kappa shape index (κ3) is 2.64. The van der Waals surface area contributed by atoms with Gasteiger partial charge in [0, 0.05) is 5.39 Å². The van der Waals surface area contributed by atoms with Gasteiger partial charge in [0.1, 0.15) is 0 Å². The van der Waals surface area contributed by atoms with E-state index in [-0.39, 0.29) is 17.0 Å². The van der Waals surface area contributed by atoms with Crippen molar-refractivity contribution in [1.82, 2.24) is 0 Å². The fourth-order valence-corrected chi connectivity index (χ4v) is 2.12. The molecule has 0 spiro atoms. The van der Waals surface area contributed by atoms with Crippen LogP contribution in [-0.2, 0) is 0 Å². The number of aromatic carboxylic acids is 1. The summed E-state index contributed by atoms with van der Waals surface area (Å²) in [5.41, 5.74) is 0.936. The number of azo groups is 1. The van der Waals surface area contributed by atoms with Gasteiger partial charge in [0.05, 0.1) is 16.9 Å². The van der Waals surface area contributed by atoms with E-state index in [0.29, 0.717) is 5.69 Å². The molecular formula is C17H11N2O3-. The van der Waals surface area contributed by atoms with Crippen LogP contribution in [0.1, 0.15) is 10.4 Å². The zero-order valence-corrected chi connectivity index (χ0v) is 11.4. The van der Waals surface area contributed by atoms with Gasteiger partial charge >= 0.3 is 5.97 Å². The lowest BCUT2D eigenvalue weighted by molar-refractivity contribution is -0.267. The highest BCUT2D eigenvalue weighted by atomic mass is 16.4. The minimum Gasteiger partial charge on any atom is -0.871 e. The van der Waals surface area contributed by atoms with Crippen molar-refractivity contribution in [2.24, 2.45) is 10.2 Å². The van der Waals surface area contributed by atoms with Crippen molar-refractivity contribution >= 4 is 28.1 Å². The molecule has 108 valence electrons. The summed E-state index contributed by atoms with van der Waals surface area (Å²) in [5, 5.41) is 30.5. The van der Waals surface area contributed by atoms with E-state index in [0.717, 1.165) is 10.8 Å². The first-order valence-corrected chi connectivity index (χ1v) is 6.59. The Bertz CT molecular complexity index is 871. The fraction of sp³-hybridized carbons (Fsp3) is 0. The van der Waals surface area contributed by atoms with Crippen LogP contribution in [0.5, 0.6) is 5.75 Å². The Morgan fingerprint density at radius 2 is 1.64 bits per heavy atom. The van der Waals surface area contributed by atoms with Gasteiger partial charge in [-0.1, -0.05) is 42.1 Å². The molecule has 5 heteroatoms. The molecule has 0 heterocycles. The van der Waals surface area contributed by atoms with E-state index in [1.165, 1.54) is 18.2 Å². The van der Waals surface area contributed by atoms with Gasteiger partial charge in [-0.15, -0.1) is 0 Å². The summed E-state index contributed by atoms with van der Waals surface area (Å²) < 4.78 is 0. The second-order valence-electron chi connectivity index (χ2n) is 4.69. The largest absolute Gasteiger partial charge is 0.871 e. The quantitative estimate of drug-likeness (QED) is 0.739. The Hall–Kier alpha value is -3.21. The van der Waals surface area contributed by atoms with Crippen molar-refractivity contribution in [1.29, 1.82) is 0 Å². The monoisotopic (exact) mass is 291 g/mol. The van der Waals surface area contributed by atoms with Crippen LogP contribution in [0, 0.1) is 0 Å². The molecule has 1 N–H and O–H groups in total. The van der Waals surface area contributed by atoms with Crippen LogP contribution in [-0.4, -0.2) is 11.1 Å². The second kappa shape index (κ2) is 5.65. The van der Waals surface area contributed by atoms with Gasteiger partial charge in [0.2, 0.25) is 0 Å². The summed E-state index contributed by atoms with van der Waals surface area (Å²) in [6, 6.07) is 16.6. The van der Waals surface area contributed by atoms with Gasteiger partial charge in [0.25, 0.3) is 0 Å². The standard InChI is InChI=1S/C17H12N2O3/c20-15-10-7-11-3-1-2-4-14(11)16(15)19-18-13-8-5-12(6-9-13)17(21)22/h1-10,20H,(H,21,22)/p-1. The summed E-state index contributed by atoms with van der Waals surface area (Å²) in [6.45, 7) is 0. The van der Waals surface area contributed by atoms with E-state index in [1.54, 1.807) is 18.2 Å². The minimum absolute atomic E-state index is 0.175. The maximum absolute atomic E-state index is 12.0. The molecule has 0 aliphatic carbocycles. The van der Waals surface area contributed by atoms with Crippen LogP contribution in [0.4, 0.5) is 11.4 Å². The van der Waals surface area contributed by atoms with Gasteiger partial charge in [-0.05, 0) is 29.7 Å². The van der Waals surface area contributed by atoms with E-state index < -0.39 is 5.97 Å². The molecule has 5 nitrogen and oxygen atoms in total. The Labute approximate surface area is 126 Å². The Morgan fingerprint density at radius 1 is 0.909 bits per heavy atom. The average Bonchev–Trinajstić information content (AvgIpc) is 2.54. The molecule has 0 saturated carbocycles. The van der Waals surface area contributed by atoms with Crippen LogP contribution in [0.3, 0.4) is 0 Å². The molecule has 0 saturated heterocycles. The summed E-state index contributed by atoms with van der Waals surface area (Å²) in [5.74, 6) is -1.20. The Kier molecular flexibility index (Phi) is 3.53. The van der Waals surface area contributed by atoms with Crippen molar-refractivity contribution in [2.45, 2.75) is 0 Å². The third-order valence-corrected chi connectivity index (χ3v) is 3.24. The van der Waals surface area contributed by atoms with Gasteiger partial charge in [-0.3, -0.25) is 0 Å². The first kappa shape index (κ1) is 13.8. The van der Waals surface area contributed by atoms with Crippen molar-refractivity contribution in [3.8, 4) is 5.75 Å². The molecule has 22 heavy (non-hydrogen) atoms. The number of hydrogen-bond donors (Lipinski definition) is 1. The van der Waals surface area contributed by atoms with E-state index in [4.69, 9.17) is 5.11 Å². The molecule has 0 radical (unpaired) electrons. The van der Waals surface area contributed by atoms with Crippen molar-refractivity contribution in [2.75, 3.05) is 0 Å². The minimum atomic E-state index is -1.00. The smallest absolute Gasteiger partial charge is 0.335 e. The number of carbonyl (C=O) groups is 1. The lowest BCUT2D eigenvalue weighted by atomic mass is 10.1. The molecule has 0 aromatic heterocycles. The number of benzene rings is 3. The van der Waals surface area contributed by atoms with Crippen molar-refractivity contribution in [3.63, 3.8) is 0 Å². The molecule has 3 aromatic rings. The average molecular weight is 291 g/mol. The predicted molar refractivity (Wildman–Crippen MR) is 81.0 cm³/mol. The van der Waals surface area contributed by atoms with Gasteiger partial charge < -0.3 is 10.2 Å². The van der Waals surface area contributed by atoms with Crippen molar-refractivity contribution < 1.29 is 15.0 Å². The van der Waals surface area contributed by atoms with E-state index in [2.05, 4.69) is 10.2 Å². The topological polar surface area (TPSA) is 85.1 Å². The normalized spacial score (nSPS) is 11.1. The van der Waals surface area contributed by atoms with Crippen LogP contribution in [0.25, 0.3) is 10.8 Å². The Morgan fingerprint density at radius 3 is 2.36 bits per heavy atom. The predicted octanol–water partition coefficient (Wildman–Crippen LogP) is 4.03. The molecule has 0 amide bonds. The maximum Gasteiger partial charge on any atom is 0.335 e. The Balaban J connectivity index is 1.98. The number of carboxylic acid groups (broad SMARTS) is 1. The van der Waals surface area contributed by atoms with E-state index in [1.807, 2.05) is 24.3 Å². The molecule has 0 atom stereocenters. The van der Waals surface area contributed by atoms with Crippen LogP contribution < -0.4 is 5.11 Å². The highest BCUT2D eigenvalue weighted by molar-refractivity contribution is 5.95. The van der Waals surface area contributed by atoms with Crippen molar-refractivity contribution in [3.05, 3.63) is 66.2 Å². The molecule has 0 aliphatic heterocycles. The van der Waals surface area contributed by atoms with Gasteiger partial charge in [-0.2, -0.15) is 10.2 Å². The number of carboxylic acids is 1. The first-order valence-electron chi connectivity index (χ1n) is 6.59. The third-order valence-electron chi connectivity index (χ3n) is 3.24. The first-order chi connectivity index (χ1) is 10.6. The number of hydrogen-bond acceptors (Lipinski definition) is 4. The highest BCUT2D eigenvalue weighted by Crippen LogP contribution is 2.34. The summed E-state index contributed by atoms with van der Waals surface area (Å²) in [4.78, 5) is 10.8. The fourth-order valence-electron chi connectivity index (χ4n) is 2.12. The van der Waals surface area contributed by atoms with Crippen LogP contribution in [0.2, 0.25) is 0 Å². The SMILES string of the molecule is O=C(O)c1ccc(N=Nc2c([O-])ccc3ccccc23)cc1. The molecular weight excluding hydrogens is 280 g/mol. The summed E-state index contributed by atoms with van der Waals surface area (Å²) in [6.07, 6.45) is 0. The molecule has 0 fully saturated rings. The highest BCUT2D eigenvalue weighted by Gasteiger charge is 2.02. The lowest BCUT2D eigenvalue weighted by Crippen LogP contribution is -1.94. The van der Waals surface area contributed by atoms with Gasteiger partial charge in [0.15, 0.2) is 0 Å². The lowest BCUT2D eigenvalue weighted by Gasteiger charge is -2.11. The van der Waals surface area contributed by atoms with E-state index in [9.17, 15) is 9.90 Å². The molecule has 3 rings (SSSR count). The summed E-state index contributed by atoms with van der Waals surface area (Å²) in [7, 11) is 0. The van der Waals surface area contributed by atoms with Crippen LogP contribution >= 0.6 is 0 Å². The maximum atomic E-state index is 12.0. The number of rotatable bonds is 3. The second-order valence-corrected chi connectivity index (χ2v) is 4.69. The zero-order chi connectivity index (χ0) is 15.5. The molecule has 0 bridgehead atoms. The number of fused-ring (bicyclic) bond motifs is 1. The van der Waals surface area contributed by atoms with Crippen LogP contribution in [0.15, 0.2) is 70.9 Å². The molecule has 3 aromatic carbocycles.